The van der Waals surface area contributed by atoms with Crippen LogP contribution in [0.4, 0.5) is 0 Å². The van der Waals surface area contributed by atoms with Crippen molar-refractivity contribution in [2.45, 2.75) is 57.9 Å². The molecule has 2 N–H and O–H groups in total. The summed E-state index contributed by atoms with van der Waals surface area (Å²) in [4.78, 5) is 14.4. The minimum atomic E-state index is 0. The van der Waals surface area contributed by atoms with Gasteiger partial charge in [0.1, 0.15) is 0 Å². The van der Waals surface area contributed by atoms with Crippen LogP contribution >= 0.6 is 12.4 Å². The molecule has 0 aromatic rings. The summed E-state index contributed by atoms with van der Waals surface area (Å²) in [6, 6.07) is 0.168. The Morgan fingerprint density at radius 3 is 2.05 bits per heavy atom. The SMILES string of the molecule is CC(CN)N(C)C(=O)CC12CC3CC(CC(C3)C1)C2.Cl. The number of likely N-dealkylation sites (N-methyl/N-ethyl adjacent to an activating group) is 1. The van der Waals surface area contributed by atoms with Gasteiger partial charge in [0.2, 0.25) is 5.91 Å². The molecule has 1 amide bonds. The number of nitrogens with zero attached hydrogens (tertiary/aromatic N) is 1. The van der Waals surface area contributed by atoms with Gasteiger partial charge < -0.3 is 10.6 Å². The molecule has 4 fully saturated rings. The van der Waals surface area contributed by atoms with E-state index in [1.807, 2.05) is 18.9 Å². The smallest absolute Gasteiger partial charge is 0.223 e. The molecule has 4 aliphatic rings. The molecule has 4 heteroatoms. The Labute approximate surface area is 129 Å². The zero-order valence-electron chi connectivity index (χ0n) is 12.8. The maximum Gasteiger partial charge on any atom is 0.223 e. The van der Waals surface area contributed by atoms with Gasteiger partial charge in [-0.3, -0.25) is 4.79 Å². The monoisotopic (exact) mass is 300 g/mol. The molecule has 0 aliphatic heterocycles. The van der Waals surface area contributed by atoms with E-state index in [4.69, 9.17) is 5.73 Å². The Morgan fingerprint density at radius 2 is 1.65 bits per heavy atom. The van der Waals surface area contributed by atoms with Gasteiger partial charge >= 0.3 is 0 Å². The van der Waals surface area contributed by atoms with Crippen LogP contribution in [0.1, 0.15) is 51.9 Å². The molecule has 4 bridgehead atoms. The van der Waals surface area contributed by atoms with E-state index in [1.54, 1.807) is 0 Å². The first-order valence-electron chi connectivity index (χ1n) is 7.97. The third-order valence-electron chi connectivity index (χ3n) is 6.09. The zero-order valence-corrected chi connectivity index (χ0v) is 13.6. The van der Waals surface area contributed by atoms with Crippen molar-refractivity contribution in [1.82, 2.24) is 4.90 Å². The second kappa shape index (κ2) is 5.84. The highest BCUT2D eigenvalue weighted by atomic mass is 35.5. The van der Waals surface area contributed by atoms with Gasteiger partial charge in [0.05, 0.1) is 0 Å². The largest absolute Gasteiger partial charge is 0.342 e. The van der Waals surface area contributed by atoms with Crippen LogP contribution in [-0.2, 0) is 4.79 Å². The molecular weight excluding hydrogens is 272 g/mol. The van der Waals surface area contributed by atoms with Gasteiger partial charge in [-0.1, -0.05) is 0 Å². The predicted octanol–water partition coefficient (Wildman–Crippen LogP) is 2.82. The molecule has 116 valence electrons. The normalized spacial score (nSPS) is 39.2. The Kier molecular flexibility index (Phi) is 4.70. The highest BCUT2D eigenvalue weighted by molar-refractivity contribution is 5.85. The molecule has 0 saturated heterocycles. The van der Waals surface area contributed by atoms with Crippen LogP contribution in [-0.4, -0.2) is 30.4 Å². The molecule has 0 radical (unpaired) electrons. The molecule has 0 aromatic carbocycles. The molecule has 20 heavy (non-hydrogen) atoms. The van der Waals surface area contributed by atoms with Crippen LogP contribution in [0.15, 0.2) is 0 Å². The van der Waals surface area contributed by atoms with E-state index in [9.17, 15) is 4.79 Å². The Hall–Kier alpha value is -0.280. The summed E-state index contributed by atoms with van der Waals surface area (Å²) in [5, 5.41) is 0. The van der Waals surface area contributed by atoms with Crippen molar-refractivity contribution in [3.8, 4) is 0 Å². The fourth-order valence-electron chi connectivity index (χ4n) is 5.36. The van der Waals surface area contributed by atoms with E-state index in [0.29, 0.717) is 17.9 Å². The number of amides is 1. The number of rotatable bonds is 4. The molecule has 0 spiro atoms. The van der Waals surface area contributed by atoms with Gasteiger partial charge in [-0.15, -0.1) is 12.4 Å². The van der Waals surface area contributed by atoms with Crippen LogP contribution in [0.3, 0.4) is 0 Å². The predicted molar refractivity (Wildman–Crippen MR) is 83.8 cm³/mol. The fraction of sp³-hybridized carbons (Fsp3) is 0.938. The maximum absolute atomic E-state index is 12.5. The Morgan fingerprint density at radius 1 is 1.20 bits per heavy atom. The molecule has 4 aliphatic carbocycles. The van der Waals surface area contributed by atoms with E-state index in [-0.39, 0.29) is 18.4 Å². The first-order chi connectivity index (χ1) is 9.01. The lowest BCUT2D eigenvalue weighted by Crippen LogP contribution is -2.49. The molecule has 1 unspecified atom stereocenters. The Balaban J connectivity index is 0.00000147. The lowest BCUT2D eigenvalue weighted by molar-refractivity contribution is -0.139. The van der Waals surface area contributed by atoms with Crippen molar-refractivity contribution in [2.75, 3.05) is 13.6 Å². The molecule has 0 heterocycles. The second-order valence-electron chi connectivity index (χ2n) is 7.68. The summed E-state index contributed by atoms with van der Waals surface area (Å²) in [5.74, 6) is 3.10. The van der Waals surface area contributed by atoms with E-state index in [2.05, 4.69) is 0 Å². The van der Waals surface area contributed by atoms with E-state index >= 15 is 0 Å². The van der Waals surface area contributed by atoms with Crippen LogP contribution < -0.4 is 5.73 Å². The summed E-state index contributed by atoms with van der Waals surface area (Å²) in [7, 11) is 1.92. The third kappa shape index (κ3) is 2.85. The quantitative estimate of drug-likeness (QED) is 0.868. The number of nitrogens with two attached hydrogens (primary N) is 1. The molecule has 3 nitrogen and oxygen atoms in total. The second-order valence-corrected chi connectivity index (χ2v) is 7.68. The number of hydrogen-bond acceptors (Lipinski definition) is 2. The van der Waals surface area contributed by atoms with Crippen LogP contribution in [0.5, 0.6) is 0 Å². The van der Waals surface area contributed by atoms with Crippen molar-refractivity contribution in [2.24, 2.45) is 28.9 Å². The van der Waals surface area contributed by atoms with Gasteiger partial charge in [0.15, 0.2) is 0 Å². The van der Waals surface area contributed by atoms with Crippen molar-refractivity contribution >= 4 is 18.3 Å². The van der Waals surface area contributed by atoms with Gasteiger partial charge in [-0.25, -0.2) is 0 Å². The van der Waals surface area contributed by atoms with Crippen LogP contribution in [0.25, 0.3) is 0 Å². The van der Waals surface area contributed by atoms with Crippen molar-refractivity contribution in [3.63, 3.8) is 0 Å². The molecule has 0 aromatic heterocycles. The lowest BCUT2D eigenvalue weighted by atomic mass is 9.49. The topological polar surface area (TPSA) is 46.3 Å². The molecular formula is C16H29ClN2O. The maximum atomic E-state index is 12.5. The van der Waals surface area contributed by atoms with Crippen molar-refractivity contribution < 1.29 is 4.79 Å². The van der Waals surface area contributed by atoms with Gasteiger partial charge in [-0.2, -0.15) is 0 Å². The molecule has 1 atom stereocenters. The number of carbonyl (C=O) groups is 1. The van der Waals surface area contributed by atoms with Gasteiger partial charge in [-0.05, 0) is 68.6 Å². The number of carbonyl (C=O) groups excluding carboxylic acids is 1. The number of halogens is 1. The highest BCUT2D eigenvalue weighted by Crippen LogP contribution is 2.61. The fourth-order valence-corrected chi connectivity index (χ4v) is 5.36. The summed E-state index contributed by atoms with van der Waals surface area (Å²) in [6.07, 6.45) is 9.06. The minimum Gasteiger partial charge on any atom is -0.342 e. The van der Waals surface area contributed by atoms with Gasteiger partial charge in [0, 0.05) is 26.1 Å². The van der Waals surface area contributed by atoms with Crippen molar-refractivity contribution in [1.29, 1.82) is 0 Å². The molecule has 4 saturated carbocycles. The van der Waals surface area contributed by atoms with E-state index in [0.717, 1.165) is 24.2 Å². The Bertz CT molecular complexity index is 336. The zero-order chi connectivity index (χ0) is 13.6. The molecule has 4 rings (SSSR count). The highest BCUT2D eigenvalue weighted by Gasteiger charge is 2.51. The summed E-state index contributed by atoms with van der Waals surface area (Å²) >= 11 is 0. The van der Waals surface area contributed by atoms with E-state index < -0.39 is 0 Å². The average Bonchev–Trinajstić information content (AvgIpc) is 2.34. The summed E-state index contributed by atoms with van der Waals surface area (Å²) < 4.78 is 0. The summed E-state index contributed by atoms with van der Waals surface area (Å²) in [5.41, 5.74) is 6.03. The third-order valence-corrected chi connectivity index (χ3v) is 6.09. The van der Waals surface area contributed by atoms with Crippen LogP contribution in [0, 0.1) is 23.2 Å². The first kappa shape index (κ1) is 16.1. The minimum absolute atomic E-state index is 0. The van der Waals surface area contributed by atoms with Crippen molar-refractivity contribution in [3.05, 3.63) is 0 Å². The van der Waals surface area contributed by atoms with Crippen LogP contribution in [0.2, 0.25) is 0 Å². The average molecular weight is 301 g/mol. The lowest BCUT2D eigenvalue weighted by Gasteiger charge is -2.57. The number of hydrogen-bond donors (Lipinski definition) is 1. The standard InChI is InChI=1S/C16H28N2O.ClH/c1-11(10-17)18(2)15(19)9-16-6-12-3-13(7-16)5-14(4-12)8-16;/h11-14H,3-10,17H2,1-2H3;1H. The van der Waals surface area contributed by atoms with E-state index in [1.165, 1.54) is 38.5 Å². The summed E-state index contributed by atoms with van der Waals surface area (Å²) in [6.45, 7) is 2.60. The first-order valence-corrected chi connectivity index (χ1v) is 7.97. The van der Waals surface area contributed by atoms with Gasteiger partial charge in [0.25, 0.3) is 0 Å².